The summed E-state index contributed by atoms with van der Waals surface area (Å²) < 4.78 is 25.7. The molecule has 0 spiro atoms. The Balaban J connectivity index is 1.52. The van der Waals surface area contributed by atoms with E-state index in [2.05, 4.69) is 15.1 Å². The van der Waals surface area contributed by atoms with Crippen LogP contribution in [0.4, 0.5) is 11.4 Å². The minimum atomic E-state index is -3.61. The number of nitrogens with zero attached hydrogens (tertiary/aromatic N) is 3. The maximum atomic E-state index is 12.4. The molecule has 0 aromatic heterocycles. The minimum Gasteiger partial charge on any atom is -0.369 e. The molecule has 168 valence electrons. The molecule has 10 heteroatoms. The van der Waals surface area contributed by atoms with Gasteiger partial charge in [-0.2, -0.15) is 0 Å². The van der Waals surface area contributed by atoms with Crippen molar-refractivity contribution in [2.75, 3.05) is 57.0 Å². The number of piperazine rings is 1. The zero-order valence-corrected chi connectivity index (χ0v) is 19.8. The Hall–Kier alpha value is -1.84. The fourth-order valence-corrected chi connectivity index (χ4v) is 4.62. The molecule has 3 rings (SSSR count). The van der Waals surface area contributed by atoms with Crippen LogP contribution in [0.2, 0.25) is 10.0 Å². The summed E-state index contributed by atoms with van der Waals surface area (Å²) in [5.41, 5.74) is 1.40. The van der Waals surface area contributed by atoms with E-state index in [9.17, 15) is 13.2 Å². The van der Waals surface area contributed by atoms with Crippen molar-refractivity contribution in [1.29, 1.82) is 0 Å². The third-order valence-corrected chi connectivity index (χ3v) is 7.57. The van der Waals surface area contributed by atoms with Gasteiger partial charge in [0.15, 0.2) is 0 Å². The number of hydrogen-bond acceptors (Lipinski definition) is 5. The number of nitrogens with one attached hydrogen (secondary N) is 1. The van der Waals surface area contributed by atoms with Crippen molar-refractivity contribution in [2.45, 2.75) is 11.3 Å². The average molecular weight is 485 g/mol. The minimum absolute atomic E-state index is 0.0781. The molecule has 1 aliphatic heterocycles. The largest absolute Gasteiger partial charge is 0.369 e. The Morgan fingerprint density at radius 2 is 1.77 bits per heavy atom. The van der Waals surface area contributed by atoms with Crippen LogP contribution in [-0.2, 0) is 14.8 Å². The van der Waals surface area contributed by atoms with E-state index in [-0.39, 0.29) is 17.2 Å². The zero-order valence-electron chi connectivity index (χ0n) is 17.5. The molecule has 0 bridgehead atoms. The summed E-state index contributed by atoms with van der Waals surface area (Å²) >= 11 is 12.2. The monoisotopic (exact) mass is 484 g/mol. The van der Waals surface area contributed by atoms with Gasteiger partial charge in [-0.05, 0) is 36.4 Å². The van der Waals surface area contributed by atoms with Gasteiger partial charge >= 0.3 is 0 Å². The summed E-state index contributed by atoms with van der Waals surface area (Å²) in [7, 11) is -0.705. The molecule has 0 radical (unpaired) electrons. The first-order valence-corrected chi connectivity index (χ1v) is 12.1. The Bertz CT molecular complexity index is 1040. The number of sulfonamides is 1. The summed E-state index contributed by atoms with van der Waals surface area (Å²) in [4.78, 5) is 17.0. The van der Waals surface area contributed by atoms with E-state index in [1.807, 2.05) is 24.3 Å². The molecule has 2 aromatic carbocycles. The Morgan fingerprint density at radius 3 is 2.42 bits per heavy atom. The van der Waals surface area contributed by atoms with Crippen molar-refractivity contribution < 1.29 is 13.2 Å². The van der Waals surface area contributed by atoms with E-state index < -0.39 is 10.0 Å². The van der Waals surface area contributed by atoms with E-state index in [0.29, 0.717) is 17.3 Å². The molecule has 31 heavy (non-hydrogen) atoms. The lowest BCUT2D eigenvalue weighted by atomic mass is 10.2. The Morgan fingerprint density at radius 1 is 1.06 bits per heavy atom. The Labute approximate surface area is 193 Å². The van der Waals surface area contributed by atoms with Crippen LogP contribution in [0.5, 0.6) is 0 Å². The second-order valence-corrected chi connectivity index (χ2v) is 10.5. The highest BCUT2D eigenvalue weighted by Crippen LogP contribution is 2.26. The highest BCUT2D eigenvalue weighted by Gasteiger charge is 2.20. The number of halogens is 2. The number of carbonyl (C=O) groups is 1. The van der Waals surface area contributed by atoms with Gasteiger partial charge < -0.3 is 10.2 Å². The molecular formula is C21H26Cl2N4O3S. The molecule has 0 atom stereocenters. The lowest BCUT2D eigenvalue weighted by molar-refractivity contribution is -0.116. The topological polar surface area (TPSA) is 73.0 Å². The van der Waals surface area contributed by atoms with Gasteiger partial charge in [-0.15, -0.1) is 0 Å². The summed E-state index contributed by atoms with van der Waals surface area (Å²) in [5.74, 6) is -0.210. The fourth-order valence-electron chi connectivity index (χ4n) is 3.35. The second kappa shape index (κ2) is 10.2. The van der Waals surface area contributed by atoms with Gasteiger partial charge in [0.25, 0.3) is 0 Å². The van der Waals surface area contributed by atoms with Gasteiger partial charge in [0.05, 0.1) is 15.6 Å². The molecule has 0 unspecified atom stereocenters. The summed E-state index contributed by atoms with van der Waals surface area (Å²) in [6.45, 7) is 4.02. The van der Waals surface area contributed by atoms with Gasteiger partial charge in [-0.1, -0.05) is 29.3 Å². The molecule has 1 aliphatic rings. The van der Waals surface area contributed by atoms with E-state index in [1.165, 1.54) is 32.3 Å². The number of rotatable bonds is 7. The highest BCUT2D eigenvalue weighted by atomic mass is 35.5. The molecule has 1 amide bonds. The van der Waals surface area contributed by atoms with Crippen molar-refractivity contribution >= 4 is 50.5 Å². The lowest BCUT2D eigenvalue weighted by Crippen LogP contribution is -2.47. The van der Waals surface area contributed by atoms with Crippen molar-refractivity contribution in [3.63, 3.8) is 0 Å². The number of benzene rings is 2. The standard InChI is InChI=1S/C21H26Cl2N4O3S/c1-25(2)31(29,30)18-6-7-19(23)20(15-18)24-21(28)8-9-26-10-12-27(13-11-26)17-5-3-4-16(22)14-17/h3-7,14-15H,8-13H2,1-2H3,(H,24,28). The van der Waals surface area contributed by atoms with Crippen molar-refractivity contribution in [2.24, 2.45) is 0 Å². The molecule has 7 nitrogen and oxygen atoms in total. The predicted octanol–water partition coefficient (Wildman–Crippen LogP) is 3.39. The molecule has 0 saturated carbocycles. The van der Waals surface area contributed by atoms with Crippen LogP contribution >= 0.6 is 23.2 Å². The molecule has 2 aromatic rings. The van der Waals surface area contributed by atoms with Gasteiger partial charge in [0, 0.05) is 63.9 Å². The van der Waals surface area contributed by atoms with Gasteiger partial charge in [-0.25, -0.2) is 12.7 Å². The molecule has 0 aliphatic carbocycles. The number of amides is 1. The van der Waals surface area contributed by atoms with Crippen molar-refractivity contribution in [3.8, 4) is 0 Å². The maximum absolute atomic E-state index is 12.4. The Kier molecular flexibility index (Phi) is 7.82. The van der Waals surface area contributed by atoms with Gasteiger partial charge in [0.1, 0.15) is 0 Å². The van der Waals surface area contributed by atoms with Crippen molar-refractivity contribution in [3.05, 3.63) is 52.5 Å². The van der Waals surface area contributed by atoms with Gasteiger partial charge in [0.2, 0.25) is 15.9 Å². The lowest BCUT2D eigenvalue weighted by Gasteiger charge is -2.36. The highest BCUT2D eigenvalue weighted by molar-refractivity contribution is 7.89. The van der Waals surface area contributed by atoms with E-state index in [0.717, 1.165) is 41.2 Å². The van der Waals surface area contributed by atoms with Gasteiger partial charge in [-0.3, -0.25) is 9.69 Å². The molecule has 1 heterocycles. The third kappa shape index (κ3) is 6.11. The van der Waals surface area contributed by atoms with Crippen LogP contribution in [0.3, 0.4) is 0 Å². The smallest absolute Gasteiger partial charge is 0.242 e. The molecule has 1 saturated heterocycles. The van der Waals surface area contributed by atoms with E-state index in [1.54, 1.807) is 0 Å². The van der Waals surface area contributed by atoms with E-state index in [4.69, 9.17) is 23.2 Å². The van der Waals surface area contributed by atoms with Crippen LogP contribution in [-0.4, -0.2) is 70.3 Å². The quantitative estimate of drug-likeness (QED) is 0.651. The second-order valence-electron chi connectivity index (χ2n) is 7.54. The SMILES string of the molecule is CN(C)S(=O)(=O)c1ccc(Cl)c(NC(=O)CCN2CCN(c3cccc(Cl)c3)CC2)c1. The van der Waals surface area contributed by atoms with Crippen LogP contribution in [0, 0.1) is 0 Å². The molecular weight excluding hydrogens is 459 g/mol. The van der Waals surface area contributed by atoms with Crippen LogP contribution in [0.1, 0.15) is 6.42 Å². The summed E-state index contributed by atoms with van der Waals surface area (Å²) in [6.07, 6.45) is 0.290. The summed E-state index contributed by atoms with van der Waals surface area (Å²) in [5, 5.41) is 3.75. The number of anilines is 2. The average Bonchev–Trinajstić information content (AvgIpc) is 2.74. The maximum Gasteiger partial charge on any atom is 0.242 e. The molecule has 1 fully saturated rings. The first-order chi connectivity index (χ1) is 14.7. The van der Waals surface area contributed by atoms with Crippen LogP contribution in [0.15, 0.2) is 47.4 Å². The first kappa shape index (κ1) is 23.8. The predicted molar refractivity (Wildman–Crippen MR) is 126 cm³/mol. The van der Waals surface area contributed by atoms with Crippen molar-refractivity contribution in [1.82, 2.24) is 9.21 Å². The number of carbonyl (C=O) groups excluding carboxylic acids is 1. The normalized spacial score (nSPS) is 15.3. The fraction of sp³-hybridized carbons (Fsp3) is 0.381. The van der Waals surface area contributed by atoms with Crippen LogP contribution < -0.4 is 10.2 Å². The molecule has 1 N–H and O–H groups in total. The third-order valence-electron chi connectivity index (χ3n) is 5.19. The number of hydrogen-bond donors (Lipinski definition) is 1. The van der Waals surface area contributed by atoms with E-state index >= 15 is 0 Å². The first-order valence-electron chi connectivity index (χ1n) is 9.91. The summed E-state index contributed by atoms with van der Waals surface area (Å²) in [6, 6.07) is 12.1. The zero-order chi connectivity index (χ0) is 22.6. The van der Waals surface area contributed by atoms with Crippen LogP contribution in [0.25, 0.3) is 0 Å².